The maximum atomic E-state index is 13.2. The normalized spacial score (nSPS) is 11.2. The predicted octanol–water partition coefficient (Wildman–Crippen LogP) is 6.23. The van der Waals surface area contributed by atoms with Gasteiger partial charge in [-0.25, -0.2) is 4.68 Å². The molecule has 0 atom stereocenters. The molecule has 4 aromatic rings. The summed E-state index contributed by atoms with van der Waals surface area (Å²) in [6, 6.07) is 20.5. The van der Waals surface area contributed by atoms with Crippen LogP contribution in [-0.2, 0) is 0 Å². The molecular formula is C22H16BrN5O3. The monoisotopic (exact) mass is 477 g/mol. The summed E-state index contributed by atoms with van der Waals surface area (Å²) in [6.45, 7) is 1.97. The third kappa shape index (κ3) is 4.22. The first-order valence-corrected chi connectivity index (χ1v) is 10.1. The van der Waals surface area contributed by atoms with Crippen LogP contribution in [-0.4, -0.2) is 14.7 Å². The van der Waals surface area contributed by atoms with Gasteiger partial charge in [0.25, 0.3) is 11.2 Å². The van der Waals surface area contributed by atoms with Gasteiger partial charge in [-0.3, -0.25) is 20.0 Å². The summed E-state index contributed by atoms with van der Waals surface area (Å²) >= 11 is 3.47. The van der Waals surface area contributed by atoms with E-state index in [0.717, 1.165) is 15.6 Å². The van der Waals surface area contributed by atoms with Crippen LogP contribution in [0.2, 0.25) is 0 Å². The molecule has 0 amide bonds. The molecule has 0 saturated carbocycles. The molecule has 154 valence electrons. The van der Waals surface area contributed by atoms with Gasteiger partial charge in [0, 0.05) is 22.2 Å². The van der Waals surface area contributed by atoms with E-state index in [-0.39, 0.29) is 11.4 Å². The highest BCUT2D eigenvalue weighted by molar-refractivity contribution is 9.10. The number of aromatic nitrogens is 2. The molecule has 1 heterocycles. The summed E-state index contributed by atoms with van der Waals surface area (Å²) in [7, 11) is 0. The van der Waals surface area contributed by atoms with Gasteiger partial charge < -0.3 is 0 Å². The number of hydrogen-bond donors (Lipinski definition) is 1. The smallest absolute Gasteiger partial charge is 0.288 e. The van der Waals surface area contributed by atoms with Crippen LogP contribution in [0.25, 0.3) is 16.9 Å². The van der Waals surface area contributed by atoms with Crippen LogP contribution in [0, 0.1) is 17.0 Å². The fourth-order valence-corrected chi connectivity index (χ4v) is 3.35. The highest BCUT2D eigenvalue weighted by atomic mass is 79.9. The molecule has 1 aromatic heterocycles. The molecule has 31 heavy (non-hydrogen) atoms. The van der Waals surface area contributed by atoms with Gasteiger partial charge in [0.15, 0.2) is 5.69 Å². The zero-order chi connectivity index (χ0) is 22.0. The zero-order valence-corrected chi connectivity index (χ0v) is 17.9. The Morgan fingerprint density at radius 2 is 1.71 bits per heavy atom. The number of benzene rings is 3. The van der Waals surface area contributed by atoms with Gasteiger partial charge in [-0.05, 0) is 36.8 Å². The Balaban J connectivity index is 1.83. The van der Waals surface area contributed by atoms with Crippen molar-refractivity contribution in [3.05, 3.63) is 103 Å². The van der Waals surface area contributed by atoms with E-state index in [4.69, 9.17) is 0 Å². The second-order valence-electron chi connectivity index (χ2n) is 6.75. The molecule has 3 aromatic carbocycles. The molecule has 0 radical (unpaired) electrons. The van der Waals surface area contributed by atoms with Gasteiger partial charge in [-0.15, -0.1) is 5.11 Å². The first kappa shape index (κ1) is 20.4. The fourth-order valence-electron chi connectivity index (χ4n) is 2.98. The molecule has 4 rings (SSSR count). The lowest BCUT2D eigenvalue weighted by molar-refractivity contribution is -0.384. The SMILES string of the molecule is Cc1ccc(N=Nc2c(-c3ccccc3)[nH]n(-c3ccc([N+](=O)[O-])cc3)c2=O)cc1Br. The van der Waals surface area contributed by atoms with Crippen molar-refractivity contribution in [1.29, 1.82) is 0 Å². The number of H-pyrrole nitrogens is 1. The van der Waals surface area contributed by atoms with Crippen molar-refractivity contribution in [3.8, 4) is 16.9 Å². The lowest BCUT2D eigenvalue weighted by Gasteiger charge is -2.02. The number of nitrogens with one attached hydrogen (secondary N) is 1. The van der Waals surface area contributed by atoms with Crippen molar-refractivity contribution in [1.82, 2.24) is 9.78 Å². The number of aryl methyl sites for hydroxylation is 1. The molecule has 0 aliphatic carbocycles. The minimum atomic E-state index is -0.490. The summed E-state index contributed by atoms with van der Waals surface area (Å²) in [4.78, 5) is 23.6. The number of nitro groups is 1. The van der Waals surface area contributed by atoms with Crippen molar-refractivity contribution in [2.24, 2.45) is 10.2 Å². The van der Waals surface area contributed by atoms with Crippen LogP contribution in [0.1, 0.15) is 5.56 Å². The molecule has 0 aliphatic heterocycles. The molecule has 0 unspecified atom stereocenters. The Morgan fingerprint density at radius 3 is 2.35 bits per heavy atom. The lowest BCUT2D eigenvalue weighted by Crippen LogP contribution is -2.13. The van der Waals surface area contributed by atoms with Crippen LogP contribution in [0.3, 0.4) is 0 Å². The number of azo groups is 1. The highest BCUT2D eigenvalue weighted by Gasteiger charge is 2.17. The third-order valence-corrected chi connectivity index (χ3v) is 5.52. The average Bonchev–Trinajstić information content (AvgIpc) is 3.11. The topological polar surface area (TPSA) is 106 Å². The minimum absolute atomic E-state index is 0.0588. The molecule has 9 heteroatoms. The Labute approximate surface area is 185 Å². The summed E-state index contributed by atoms with van der Waals surface area (Å²) in [5, 5.41) is 22.5. The van der Waals surface area contributed by atoms with Gasteiger partial charge in [0.05, 0.1) is 22.0 Å². The second kappa shape index (κ2) is 8.49. The number of aromatic amines is 1. The third-order valence-electron chi connectivity index (χ3n) is 4.67. The molecule has 1 N–H and O–H groups in total. The summed E-state index contributed by atoms with van der Waals surface area (Å²) in [5.74, 6) is 0. The van der Waals surface area contributed by atoms with Gasteiger partial charge in [-0.1, -0.05) is 52.3 Å². The van der Waals surface area contributed by atoms with E-state index in [9.17, 15) is 14.9 Å². The minimum Gasteiger partial charge on any atom is -0.288 e. The van der Waals surface area contributed by atoms with E-state index in [2.05, 4.69) is 31.3 Å². The summed E-state index contributed by atoms with van der Waals surface area (Å²) in [6.07, 6.45) is 0. The number of hydrogen-bond acceptors (Lipinski definition) is 5. The van der Waals surface area contributed by atoms with Gasteiger partial charge in [0.2, 0.25) is 0 Å². The van der Waals surface area contributed by atoms with Crippen molar-refractivity contribution in [3.63, 3.8) is 0 Å². The molecular weight excluding hydrogens is 462 g/mol. The zero-order valence-electron chi connectivity index (χ0n) is 16.3. The van der Waals surface area contributed by atoms with Crippen molar-refractivity contribution < 1.29 is 4.92 Å². The second-order valence-corrected chi connectivity index (χ2v) is 7.60. The molecule has 8 nitrogen and oxygen atoms in total. The van der Waals surface area contributed by atoms with Crippen LogP contribution in [0.5, 0.6) is 0 Å². The van der Waals surface area contributed by atoms with Crippen LogP contribution >= 0.6 is 15.9 Å². The Kier molecular flexibility index (Phi) is 5.59. The standard InChI is InChI=1S/C22H16BrN5O3/c1-14-7-8-16(13-19(14)23)24-25-21-20(15-5-3-2-4-6-15)26-27(22(21)29)17-9-11-18(12-10-17)28(30)31/h2-13,26H,1H3. The van der Waals surface area contributed by atoms with Crippen LogP contribution in [0.4, 0.5) is 17.1 Å². The predicted molar refractivity (Wildman–Crippen MR) is 122 cm³/mol. The molecule has 0 aliphatic rings. The molecule has 0 spiro atoms. The van der Waals surface area contributed by atoms with Crippen molar-refractivity contribution >= 4 is 33.0 Å². The highest BCUT2D eigenvalue weighted by Crippen LogP contribution is 2.29. The summed E-state index contributed by atoms with van der Waals surface area (Å²) in [5.41, 5.74) is 3.04. The van der Waals surface area contributed by atoms with Gasteiger partial charge in [0.1, 0.15) is 0 Å². The maximum Gasteiger partial charge on any atom is 0.299 e. The van der Waals surface area contributed by atoms with E-state index in [0.29, 0.717) is 17.1 Å². The van der Waals surface area contributed by atoms with E-state index < -0.39 is 10.5 Å². The number of halogens is 1. The Morgan fingerprint density at radius 1 is 1.00 bits per heavy atom. The van der Waals surface area contributed by atoms with E-state index >= 15 is 0 Å². The lowest BCUT2D eigenvalue weighted by atomic mass is 10.1. The largest absolute Gasteiger partial charge is 0.299 e. The van der Waals surface area contributed by atoms with Crippen LogP contribution < -0.4 is 5.56 Å². The van der Waals surface area contributed by atoms with E-state index in [1.165, 1.54) is 28.9 Å². The van der Waals surface area contributed by atoms with E-state index in [1.807, 2.05) is 55.5 Å². The first-order chi connectivity index (χ1) is 14.9. The Hall–Kier alpha value is -3.85. The first-order valence-electron chi connectivity index (χ1n) is 9.27. The van der Waals surface area contributed by atoms with Gasteiger partial charge in [-0.2, -0.15) is 5.11 Å². The maximum absolute atomic E-state index is 13.2. The number of rotatable bonds is 5. The molecule has 0 bridgehead atoms. The number of nitro benzene ring substituents is 1. The van der Waals surface area contributed by atoms with Gasteiger partial charge >= 0.3 is 0 Å². The number of nitrogens with zero attached hydrogens (tertiary/aromatic N) is 4. The molecule has 0 saturated heterocycles. The summed E-state index contributed by atoms with van der Waals surface area (Å²) < 4.78 is 2.19. The molecule has 0 fully saturated rings. The fraction of sp³-hybridized carbons (Fsp3) is 0.0455. The van der Waals surface area contributed by atoms with E-state index in [1.54, 1.807) is 0 Å². The van der Waals surface area contributed by atoms with Crippen molar-refractivity contribution in [2.75, 3.05) is 0 Å². The average molecular weight is 478 g/mol. The van der Waals surface area contributed by atoms with Crippen LogP contribution in [0.15, 0.2) is 92.3 Å². The number of non-ortho nitro benzene ring substituents is 1. The quantitative estimate of drug-likeness (QED) is 0.209. The van der Waals surface area contributed by atoms with Crippen molar-refractivity contribution in [2.45, 2.75) is 6.92 Å². The Bertz CT molecular complexity index is 1340.